The number of hydrogen-bond donors (Lipinski definition) is 3. The van der Waals surface area contributed by atoms with Gasteiger partial charge < -0.3 is 44.5 Å². The molecule has 0 saturated heterocycles. The number of rotatable bonds is 38. The second kappa shape index (κ2) is 36.5. The number of amides is 3. The molecule has 0 aromatic heterocycles. The van der Waals surface area contributed by atoms with Gasteiger partial charge >= 0.3 is 0 Å². The highest BCUT2D eigenvalue weighted by Crippen LogP contribution is 2.13. The molecular formula is C36H65N3O10. The second-order valence-electron chi connectivity index (χ2n) is 12.2. The Hall–Kier alpha value is -2.74. The molecule has 284 valence electrons. The molecule has 0 bridgehead atoms. The van der Waals surface area contributed by atoms with Crippen LogP contribution in [0.1, 0.15) is 122 Å². The second-order valence-corrected chi connectivity index (χ2v) is 12.2. The molecule has 0 spiro atoms. The number of Topliss-reactive ketones (excluding diaryl/α,β-unsaturated/α-hetero) is 1. The van der Waals surface area contributed by atoms with Crippen LogP contribution in [0, 0.1) is 0 Å². The monoisotopic (exact) mass is 699 g/mol. The molecule has 0 aromatic carbocycles. The zero-order chi connectivity index (χ0) is 36.0. The van der Waals surface area contributed by atoms with Crippen LogP contribution in [0.25, 0.3) is 0 Å². The van der Waals surface area contributed by atoms with Crippen molar-refractivity contribution in [2.75, 3.05) is 65.9 Å². The summed E-state index contributed by atoms with van der Waals surface area (Å²) in [5.41, 5.74) is 0. The maximum Gasteiger partial charge on any atom is 0.246 e. The van der Waals surface area contributed by atoms with Gasteiger partial charge in [0.25, 0.3) is 0 Å². The van der Waals surface area contributed by atoms with Crippen LogP contribution in [0.4, 0.5) is 0 Å². The van der Waals surface area contributed by atoms with E-state index in [0.717, 1.165) is 32.0 Å². The van der Waals surface area contributed by atoms with Crippen molar-refractivity contribution < 1.29 is 47.7 Å². The number of aldehydes is 2. The molecule has 0 aromatic rings. The SMILES string of the molecule is CC(=O)COCCOCCNC(=O)COCCOCCNC(=O)CCC(C=O)NC(=O)CCCCCCCCCCCCCCCCC=O. The maximum absolute atomic E-state index is 12.2. The molecule has 1 atom stereocenters. The van der Waals surface area contributed by atoms with E-state index >= 15 is 0 Å². The van der Waals surface area contributed by atoms with Crippen molar-refractivity contribution >= 4 is 36.1 Å². The van der Waals surface area contributed by atoms with Gasteiger partial charge in [-0.15, -0.1) is 0 Å². The van der Waals surface area contributed by atoms with Gasteiger partial charge in [-0.25, -0.2) is 0 Å². The van der Waals surface area contributed by atoms with E-state index in [9.17, 15) is 28.8 Å². The van der Waals surface area contributed by atoms with Crippen molar-refractivity contribution in [3.63, 3.8) is 0 Å². The average molecular weight is 700 g/mol. The van der Waals surface area contributed by atoms with Gasteiger partial charge in [-0.05, 0) is 26.2 Å². The van der Waals surface area contributed by atoms with Crippen LogP contribution in [-0.2, 0) is 47.7 Å². The van der Waals surface area contributed by atoms with E-state index < -0.39 is 6.04 Å². The zero-order valence-corrected chi connectivity index (χ0v) is 30.1. The predicted molar refractivity (Wildman–Crippen MR) is 187 cm³/mol. The molecule has 0 aliphatic heterocycles. The Labute approximate surface area is 294 Å². The fraction of sp³-hybridized carbons (Fsp3) is 0.833. The van der Waals surface area contributed by atoms with Crippen molar-refractivity contribution in [1.29, 1.82) is 0 Å². The molecule has 0 aliphatic carbocycles. The van der Waals surface area contributed by atoms with E-state index in [1.165, 1.54) is 71.1 Å². The summed E-state index contributed by atoms with van der Waals surface area (Å²) in [4.78, 5) is 68.5. The Bertz CT molecular complexity index is 859. The van der Waals surface area contributed by atoms with Crippen LogP contribution in [0.2, 0.25) is 0 Å². The van der Waals surface area contributed by atoms with Gasteiger partial charge in [0, 0.05) is 32.4 Å². The van der Waals surface area contributed by atoms with E-state index in [2.05, 4.69) is 16.0 Å². The van der Waals surface area contributed by atoms with E-state index in [-0.39, 0.29) is 69.4 Å². The van der Waals surface area contributed by atoms with Crippen molar-refractivity contribution in [2.24, 2.45) is 0 Å². The quantitative estimate of drug-likeness (QED) is 0.0636. The molecule has 13 nitrogen and oxygen atoms in total. The fourth-order valence-electron chi connectivity index (χ4n) is 4.86. The van der Waals surface area contributed by atoms with Crippen LogP contribution in [0.15, 0.2) is 0 Å². The van der Waals surface area contributed by atoms with E-state index in [1.807, 2.05) is 0 Å². The zero-order valence-electron chi connectivity index (χ0n) is 30.1. The highest BCUT2D eigenvalue weighted by Gasteiger charge is 2.13. The summed E-state index contributed by atoms with van der Waals surface area (Å²) in [6.07, 6.45) is 19.6. The summed E-state index contributed by atoms with van der Waals surface area (Å²) in [6, 6.07) is -0.683. The Kier molecular flexibility index (Phi) is 34.5. The van der Waals surface area contributed by atoms with Gasteiger partial charge in [-0.1, -0.05) is 77.0 Å². The number of carbonyl (C=O) groups is 6. The molecule has 49 heavy (non-hydrogen) atoms. The minimum atomic E-state index is -0.683. The molecule has 13 heteroatoms. The fourth-order valence-corrected chi connectivity index (χ4v) is 4.86. The molecule has 0 aliphatic rings. The third kappa shape index (κ3) is 36.4. The van der Waals surface area contributed by atoms with E-state index in [4.69, 9.17) is 18.9 Å². The number of nitrogens with one attached hydrogen (secondary N) is 3. The lowest BCUT2D eigenvalue weighted by molar-refractivity contribution is -0.127. The molecule has 0 fully saturated rings. The third-order valence-electron chi connectivity index (χ3n) is 7.59. The molecule has 3 amide bonds. The first-order valence-electron chi connectivity index (χ1n) is 18.4. The summed E-state index contributed by atoms with van der Waals surface area (Å²) in [5.74, 6) is -0.709. The first-order chi connectivity index (χ1) is 23.9. The largest absolute Gasteiger partial charge is 0.377 e. The number of ether oxygens (including phenoxy) is 4. The lowest BCUT2D eigenvalue weighted by atomic mass is 10.0. The van der Waals surface area contributed by atoms with Gasteiger partial charge in [-0.2, -0.15) is 0 Å². The lowest BCUT2D eigenvalue weighted by Gasteiger charge is -2.13. The van der Waals surface area contributed by atoms with Crippen LogP contribution in [-0.4, -0.2) is 108 Å². The van der Waals surface area contributed by atoms with Crippen LogP contribution < -0.4 is 16.0 Å². The molecule has 3 N–H and O–H groups in total. The minimum Gasteiger partial charge on any atom is -0.377 e. The van der Waals surface area contributed by atoms with Gasteiger partial charge in [0.1, 0.15) is 25.8 Å². The van der Waals surface area contributed by atoms with Gasteiger partial charge in [0.2, 0.25) is 17.7 Å². The predicted octanol–water partition coefficient (Wildman–Crippen LogP) is 3.78. The minimum absolute atomic E-state index is 0.0456. The van der Waals surface area contributed by atoms with Gasteiger partial charge in [0.05, 0.1) is 45.7 Å². The first-order valence-corrected chi connectivity index (χ1v) is 18.4. The normalized spacial score (nSPS) is 11.5. The Balaban J connectivity index is 3.56. The highest BCUT2D eigenvalue weighted by atomic mass is 16.5. The molecule has 0 radical (unpaired) electrons. The number of carbonyl (C=O) groups excluding carboxylic acids is 6. The first kappa shape index (κ1) is 46.3. The van der Waals surface area contributed by atoms with E-state index in [0.29, 0.717) is 52.0 Å². The third-order valence-corrected chi connectivity index (χ3v) is 7.59. The molecular weight excluding hydrogens is 634 g/mol. The van der Waals surface area contributed by atoms with Gasteiger partial charge in [-0.3, -0.25) is 19.2 Å². The molecule has 0 heterocycles. The molecule has 0 saturated carbocycles. The summed E-state index contributed by atoms with van der Waals surface area (Å²) in [7, 11) is 0. The maximum atomic E-state index is 12.2. The van der Waals surface area contributed by atoms with Crippen molar-refractivity contribution in [3.8, 4) is 0 Å². The number of ketones is 1. The summed E-state index contributed by atoms with van der Waals surface area (Å²) in [6.45, 7) is 3.77. The Morgan fingerprint density at radius 3 is 1.51 bits per heavy atom. The van der Waals surface area contributed by atoms with Crippen molar-refractivity contribution in [1.82, 2.24) is 16.0 Å². The topological polar surface area (TPSA) is 175 Å². The standard InChI is InChI=1S/C36H65N3O10/c1-32(42)30-48-27-25-47-24-21-38-36(45)31-49-28-26-46-23-20-37-34(43)19-18-33(29-41)39-35(44)17-15-13-11-9-7-5-3-2-4-6-8-10-12-14-16-22-40/h22,29,33H,2-21,23-28,30-31H2,1H3,(H,37,43)(H,38,45)(H,39,44). The highest BCUT2D eigenvalue weighted by molar-refractivity contribution is 5.80. The Morgan fingerprint density at radius 1 is 0.531 bits per heavy atom. The summed E-state index contributed by atoms with van der Waals surface area (Å²) in [5, 5.41) is 8.09. The number of hydrogen-bond acceptors (Lipinski definition) is 10. The van der Waals surface area contributed by atoms with Crippen molar-refractivity contribution in [3.05, 3.63) is 0 Å². The molecule has 0 rings (SSSR count). The van der Waals surface area contributed by atoms with Crippen molar-refractivity contribution in [2.45, 2.75) is 129 Å². The van der Waals surface area contributed by atoms with Crippen LogP contribution >= 0.6 is 0 Å². The summed E-state index contributed by atoms with van der Waals surface area (Å²) >= 11 is 0. The van der Waals surface area contributed by atoms with E-state index in [1.54, 1.807) is 0 Å². The van der Waals surface area contributed by atoms with Crippen LogP contribution in [0.5, 0.6) is 0 Å². The summed E-state index contributed by atoms with van der Waals surface area (Å²) < 4.78 is 21.0. The number of unbranched alkanes of at least 4 members (excludes halogenated alkanes) is 14. The Morgan fingerprint density at radius 2 is 1.00 bits per heavy atom. The molecule has 1 unspecified atom stereocenters. The van der Waals surface area contributed by atoms with Crippen LogP contribution in [0.3, 0.4) is 0 Å². The van der Waals surface area contributed by atoms with Gasteiger partial charge in [0.15, 0.2) is 5.78 Å². The lowest BCUT2D eigenvalue weighted by Crippen LogP contribution is -2.37. The smallest absolute Gasteiger partial charge is 0.246 e. The average Bonchev–Trinajstić information content (AvgIpc) is 3.08.